The molecule has 0 spiro atoms. The molecule has 1 saturated heterocycles. The molecule has 0 unspecified atom stereocenters. The molecular weight excluding hydrogens is 148 g/mol. The Morgan fingerprint density at radius 3 is 2.17 bits per heavy atom. The molecule has 2 nitrogen and oxygen atoms in total. The molecule has 1 rings (SSSR count). The Kier molecular flexibility index (Phi) is 3.13. The van der Waals surface area contributed by atoms with E-state index in [1.165, 1.54) is 25.9 Å². The molecule has 72 valence electrons. The summed E-state index contributed by atoms with van der Waals surface area (Å²) in [5.74, 6) is 0.733. The summed E-state index contributed by atoms with van der Waals surface area (Å²) < 4.78 is 0. The van der Waals surface area contributed by atoms with E-state index in [0.29, 0.717) is 5.41 Å². The lowest BCUT2D eigenvalue weighted by Gasteiger charge is -2.43. The highest BCUT2D eigenvalue weighted by atomic mass is 15.1. The molecule has 0 aromatic heterocycles. The Morgan fingerprint density at radius 2 is 1.83 bits per heavy atom. The van der Waals surface area contributed by atoms with Gasteiger partial charge in [-0.3, -0.25) is 0 Å². The molecule has 0 amide bonds. The fourth-order valence-electron chi connectivity index (χ4n) is 2.08. The van der Waals surface area contributed by atoms with Crippen molar-refractivity contribution >= 4 is 0 Å². The van der Waals surface area contributed by atoms with Gasteiger partial charge in [0.25, 0.3) is 0 Å². The van der Waals surface area contributed by atoms with Gasteiger partial charge in [0.2, 0.25) is 0 Å². The quantitative estimate of drug-likeness (QED) is 0.677. The number of hydrogen-bond donors (Lipinski definition) is 1. The summed E-state index contributed by atoms with van der Waals surface area (Å²) in [4.78, 5) is 2.40. The zero-order valence-corrected chi connectivity index (χ0v) is 8.64. The third-order valence-corrected chi connectivity index (χ3v) is 3.61. The average molecular weight is 170 g/mol. The average Bonchev–Trinajstić information content (AvgIpc) is 2.06. The fourth-order valence-corrected chi connectivity index (χ4v) is 2.08. The van der Waals surface area contributed by atoms with Crippen LogP contribution in [0.2, 0.25) is 0 Å². The largest absolute Gasteiger partial charge is 0.330 e. The summed E-state index contributed by atoms with van der Waals surface area (Å²) >= 11 is 0. The van der Waals surface area contributed by atoms with Gasteiger partial charge in [-0.15, -0.1) is 0 Å². The molecule has 0 aliphatic carbocycles. The molecule has 2 N–H and O–H groups in total. The molecule has 0 aromatic rings. The van der Waals surface area contributed by atoms with E-state index in [0.717, 1.165) is 12.5 Å². The second-order valence-corrected chi connectivity index (χ2v) is 4.52. The van der Waals surface area contributed by atoms with Crippen LogP contribution in [0.25, 0.3) is 0 Å². The smallest absolute Gasteiger partial charge is 0.00159 e. The zero-order chi connectivity index (χ0) is 9.19. The maximum atomic E-state index is 5.87. The number of hydrogen-bond acceptors (Lipinski definition) is 2. The van der Waals surface area contributed by atoms with Gasteiger partial charge in [0, 0.05) is 0 Å². The maximum Gasteiger partial charge on any atom is -0.00159 e. The van der Waals surface area contributed by atoms with Crippen LogP contribution in [0, 0.1) is 11.3 Å². The van der Waals surface area contributed by atoms with Crippen molar-refractivity contribution < 1.29 is 0 Å². The Morgan fingerprint density at radius 1 is 1.33 bits per heavy atom. The predicted molar refractivity (Wildman–Crippen MR) is 53.1 cm³/mol. The Balaban J connectivity index is 2.57. The molecule has 1 aliphatic rings. The van der Waals surface area contributed by atoms with Gasteiger partial charge < -0.3 is 10.6 Å². The molecule has 0 bridgehead atoms. The molecule has 1 fully saturated rings. The van der Waals surface area contributed by atoms with Crippen LogP contribution in [0.1, 0.15) is 26.7 Å². The monoisotopic (exact) mass is 170 g/mol. The fraction of sp³-hybridized carbons (Fsp3) is 1.00. The number of rotatable bonds is 2. The molecule has 2 heteroatoms. The van der Waals surface area contributed by atoms with Crippen molar-refractivity contribution in [3.8, 4) is 0 Å². The summed E-state index contributed by atoms with van der Waals surface area (Å²) in [5, 5.41) is 0. The van der Waals surface area contributed by atoms with Gasteiger partial charge in [-0.05, 0) is 50.9 Å². The van der Waals surface area contributed by atoms with E-state index in [1.807, 2.05) is 0 Å². The zero-order valence-electron chi connectivity index (χ0n) is 8.64. The number of likely N-dealkylation sites (tertiary alicyclic amines) is 1. The lowest BCUT2D eigenvalue weighted by atomic mass is 9.70. The molecule has 12 heavy (non-hydrogen) atoms. The van der Waals surface area contributed by atoms with Crippen LogP contribution in [0.3, 0.4) is 0 Å². The number of piperidine rings is 1. The minimum absolute atomic E-state index is 0.437. The van der Waals surface area contributed by atoms with Crippen LogP contribution in [0.4, 0.5) is 0 Å². The standard InChI is InChI=1S/C10H22N2/c1-9(2)10(8-11)4-6-12(3)7-5-10/h9H,4-8,11H2,1-3H3. The highest BCUT2D eigenvalue weighted by Crippen LogP contribution is 2.37. The van der Waals surface area contributed by atoms with Gasteiger partial charge in [0.15, 0.2) is 0 Å². The Hall–Kier alpha value is -0.0800. The van der Waals surface area contributed by atoms with E-state index in [-0.39, 0.29) is 0 Å². The van der Waals surface area contributed by atoms with E-state index in [4.69, 9.17) is 5.73 Å². The predicted octanol–water partition coefficient (Wildman–Crippen LogP) is 1.31. The Labute approximate surface area is 76.1 Å². The maximum absolute atomic E-state index is 5.87. The van der Waals surface area contributed by atoms with Crippen molar-refractivity contribution in [3.63, 3.8) is 0 Å². The lowest BCUT2D eigenvalue weighted by molar-refractivity contribution is 0.0824. The molecular formula is C10H22N2. The molecule has 1 heterocycles. The normalized spacial score (nSPS) is 24.8. The minimum atomic E-state index is 0.437. The molecule has 0 aromatic carbocycles. The first kappa shape index (κ1) is 10.0. The Bertz CT molecular complexity index is 135. The van der Waals surface area contributed by atoms with Crippen molar-refractivity contribution in [2.24, 2.45) is 17.1 Å². The van der Waals surface area contributed by atoms with Crippen molar-refractivity contribution in [2.45, 2.75) is 26.7 Å². The highest BCUT2D eigenvalue weighted by Gasteiger charge is 2.34. The van der Waals surface area contributed by atoms with Crippen LogP contribution >= 0.6 is 0 Å². The minimum Gasteiger partial charge on any atom is -0.330 e. The van der Waals surface area contributed by atoms with Crippen LogP contribution in [-0.2, 0) is 0 Å². The number of nitrogens with zero attached hydrogens (tertiary/aromatic N) is 1. The molecule has 0 atom stereocenters. The van der Waals surface area contributed by atoms with Crippen molar-refractivity contribution in [1.82, 2.24) is 4.90 Å². The van der Waals surface area contributed by atoms with E-state index in [1.54, 1.807) is 0 Å². The second-order valence-electron chi connectivity index (χ2n) is 4.52. The van der Waals surface area contributed by atoms with Gasteiger partial charge in [-0.1, -0.05) is 13.8 Å². The SMILES string of the molecule is CC(C)C1(CN)CCN(C)CC1. The summed E-state index contributed by atoms with van der Waals surface area (Å²) in [6.07, 6.45) is 2.55. The highest BCUT2D eigenvalue weighted by molar-refractivity contribution is 4.88. The first-order valence-corrected chi connectivity index (χ1v) is 4.99. The van der Waals surface area contributed by atoms with Gasteiger partial charge in [-0.2, -0.15) is 0 Å². The van der Waals surface area contributed by atoms with E-state index >= 15 is 0 Å². The van der Waals surface area contributed by atoms with Crippen LogP contribution in [0.5, 0.6) is 0 Å². The van der Waals surface area contributed by atoms with Gasteiger partial charge >= 0.3 is 0 Å². The summed E-state index contributed by atoms with van der Waals surface area (Å²) in [6, 6.07) is 0. The number of nitrogens with two attached hydrogens (primary N) is 1. The summed E-state index contributed by atoms with van der Waals surface area (Å²) in [6.45, 7) is 7.90. The summed E-state index contributed by atoms with van der Waals surface area (Å²) in [7, 11) is 2.20. The van der Waals surface area contributed by atoms with Crippen molar-refractivity contribution in [3.05, 3.63) is 0 Å². The van der Waals surface area contributed by atoms with Crippen LogP contribution in [-0.4, -0.2) is 31.6 Å². The van der Waals surface area contributed by atoms with Crippen molar-refractivity contribution in [1.29, 1.82) is 0 Å². The van der Waals surface area contributed by atoms with E-state index < -0.39 is 0 Å². The molecule has 0 saturated carbocycles. The molecule has 0 radical (unpaired) electrons. The first-order chi connectivity index (χ1) is 5.60. The van der Waals surface area contributed by atoms with Crippen LogP contribution in [0.15, 0.2) is 0 Å². The van der Waals surface area contributed by atoms with Gasteiger partial charge in [-0.25, -0.2) is 0 Å². The van der Waals surface area contributed by atoms with E-state index in [2.05, 4.69) is 25.8 Å². The topological polar surface area (TPSA) is 29.3 Å². The first-order valence-electron chi connectivity index (χ1n) is 4.99. The third-order valence-electron chi connectivity index (χ3n) is 3.61. The van der Waals surface area contributed by atoms with Crippen molar-refractivity contribution in [2.75, 3.05) is 26.7 Å². The van der Waals surface area contributed by atoms with Gasteiger partial charge in [0.05, 0.1) is 0 Å². The van der Waals surface area contributed by atoms with E-state index in [9.17, 15) is 0 Å². The summed E-state index contributed by atoms with van der Waals surface area (Å²) in [5.41, 5.74) is 6.30. The third kappa shape index (κ3) is 1.80. The lowest BCUT2D eigenvalue weighted by Crippen LogP contribution is -2.45. The van der Waals surface area contributed by atoms with Crippen LogP contribution < -0.4 is 5.73 Å². The van der Waals surface area contributed by atoms with Gasteiger partial charge in [0.1, 0.15) is 0 Å². The molecule has 1 aliphatic heterocycles. The second kappa shape index (κ2) is 3.75.